The van der Waals surface area contributed by atoms with Crippen LogP contribution in [0.1, 0.15) is 44.3 Å². The topological polar surface area (TPSA) is 61.0 Å². The predicted molar refractivity (Wildman–Crippen MR) is 75.6 cm³/mol. The number of rotatable bonds is 5. The number of nitrogens with one attached hydrogen (secondary N) is 2. The molecule has 1 aromatic heterocycles. The third-order valence-corrected chi connectivity index (χ3v) is 3.85. The van der Waals surface area contributed by atoms with Crippen molar-refractivity contribution in [2.24, 2.45) is 0 Å². The van der Waals surface area contributed by atoms with Gasteiger partial charge in [0, 0.05) is 24.6 Å². The van der Waals surface area contributed by atoms with Crippen LogP contribution in [0, 0.1) is 0 Å². The molecule has 0 aromatic carbocycles. The molecule has 19 heavy (non-hydrogen) atoms. The first kappa shape index (κ1) is 12.7. The number of likely N-dealkylation sites (tertiary alicyclic amines) is 1. The summed E-state index contributed by atoms with van der Waals surface area (Å²) in [5, 5.41) is 3.36. The van der Waals surface area contributed by atoms with E-state index in [4.69, 9.17) is 0 Å². The van der Waals surface area contributed by atoms with Crippen molar-refractivity contribution in [3.05, 3.63) is 22.2 Å². The van der Waals surface area contributed by atoms with Crippen LogP contribution in [0.25, 0.3) is 0 Å². The van der Waals surface area contributed by atoms with Gasteiger partial charge in [0.05, 0.1) is 0 Å². The molecule has 1 atom stereocenters. The Morgan fingerprint density at radius 3 is 2.89 bits per heavy atom. The number of H-pyrrole nitrogens is 1. The summed E-state index contributed by atoms with van der Waals surface area (Å²) in [5.74, 6) is 2.05. The molecule has 5 nitrogen and oxygen atoms in total. The summed E-state index contributed by atoms with van der Waals surface area (Å²) in [7, 11) is 0. The minimum atomic E-state index is -0.0484. The van der Waals surface area contributed by atoms with E-state index in [-0.39, 0.29) is 5.56 Å². The van der Waals surface area contributed by atoms with Crippen molar-refractivity contribution in [2.45, 2.75) is 44.6 Å². The third kappa shape index (κ3) is 3.35. The Morgan fingerprint density at radius 2 is 2.21 bits per heavy atom. The van der Waals surface area contributed by atoms with Crippen molar-refractivity contribution in [1.82, 2.24) is 14.9 Å². The van der Waals surface area contributed by atoms with Gasteiger partial charge >= 0.3 is 0 Å². The van der Waals surface area contributed by atoms with Crippen LogP contribution in [0.4, 0.5) is 5.82 Å². The van der Waals surface area contributed by atoms with E-state index in [1.54, 1.807) is 6.07 Å². The molecule has 1 aliphatic heterocycles. The average molecular weight is 262 g/mol. The zero-order valence-electron chi connectivity index (χ0n) is 11.5. The molecule has 0 bridgehead atoms. The van der Waals surface area contributed by atoms with Crippen molar-refractivity contribution in [3.8, 4) is 0 Å². The van der Waals surface area contributed by atoms with Gasteiger partial charge in [-0.2, -0.15) is 0 Å². The van der Waals surface area contributed by atoms with Crippen LogP contribution in [-0.2, 0) is 0 Å². The van der Waals surface area contributed by atoms with E-state index in [0.717, 1.165) is 31.0 Å². The summed E-state index contributed by atoms with van der Waals surface area (Å²) < 4.78 is 0. The second kappa shape index (κ2) is 5.33. The molecule has 2 N–H and O–H groups in total. The molecule has 1 aromatic rings. The van der Waals surface area contributed by atoms with Gasteiger partial charge < -0.3 is 15.2 Å². The molecule has 2 fully saturated rings. The molecule has 3 rings (SSSR count). The highest BCUT2D eigenvalue weighted by Gasteiger charge is 2.26. The number of aromatic nitrogens is 2. The molecule has 2 aliphatic rings. The number of anilines is 1. The fourth-order valence-electron chi connectivity index (χ4n) is 2.75. The highest BCUT2D eigenvalue weighted by Crippen LogP contribution is 2.37. The lowest BCUT2D eigenvalue weighted by molar-refractivity contribution is 0.327. The van der Waals surface area contributed by atoms with Gasteiger partial charge in [-0.25, -0.2) is 4.98 Å². The van der Waals surface area contributed by atoms with Crippen LogP contribution in [0.15, 0.2) is 10.9 Å². The Kier molecular flexibility index (Phi) is 3.55. The summed E-state index contributed by atoms with van der Waals surface area (Å²) in [4.78, 5) is 21.5. The summed E-state index contributed by atoms with van der Waals surface area (Å²) >= 11 is 0. The van der Waals surface area contributed by atoms with Crippen molar-refractivity contribution < 1.29 is 0 Å². The molecule has 5 heteroatoms. The van der Waals surface area contributed by atoms with Crippen LogP contribution in [0.3, 0.4) is 0 Å². The minimum absolute atomic E-state index is 0.0484. The second-order valence-electron chi connectivity index (χ2n) is 5.84. The van der Waals surface area contributed by atoms with E-state index < -0.39 is 0 Å². The third-order valence-electron chi connectivity index (χ3n) is 3.85. The first-order chi connectivity index (χ1) is 9.20. The molecule has 1 aliphatic carbocycles. The van der Waals surface area contributed by atoms with E-state index in [0.29, 0.717) is 12.0 Å². The Bertz CT molecular complexity index is 488. The molecule has 1 unspecified atom stereocenters. The number of hydrogen-bond donors (Lipinski definition) is 2. The van der Waals surface area contributed by atoms with Gasteiger partial charge in [0.25, 0.3) is 5.56 Å². The number of hydrogen-bond acceptors (Lipinski definition) is 4. The van der Waals surface area contributed by atoms with E-state index in [1.165, 1.54) is 25.9 Å². The maximum atomic E-state index is 11.6. The summed E-state index contributed by atoms with van der Waals surface area (Å²) in [6.07, 6.45) is 4.91. The minimum Gasteiger partial charge on any atom is -0.366 e. The zero-order valence-corrected chi connectivity index (χ0v) is 11.5. The largest absolute Gasteiger partial charge is 0.366 e. The van der Waals surface area contributed by atoms with Crippen molar-refractivity contribution in [3.63, 3.8) is 0 Å². The summed E-state index contributed by atoms with van der Waals surface area (Å²) in [5.41, 5.74) is -0.0484. The number of aromatic amines is 1. The molecule has 2 heterocycles. The van der Waals surface area contributed by atoms with E-state index in [1.807, 2.05) is 0 Å². The highest BCUT2D eigenvalue weighted by atomic mass is 16.1. The monoisotopic (exact) mass is 262 g/mol. The Hall–Kier alpha value is -1.36. The van der Waals surface area contributed by atoms with Crippen LogP contribution < -0.4 is 10.9 Å². The zero-order chi connectivity index (χ0) is 13.2. The molecular weight excluding hydrogens is 240 g/mol. The molecule has 0 radical (unpaired) electrons. The maximum absolute atomic E-state index is 11.6. The normalized spacial score (nSPS) is 21.5. The van der Waals surface area contributed by atoms with Crippen LogP contribution >= 0.6 is 0 Å². The SMILES string of the molecule is CC(CN1CCCC1)Nc1cc(=O)[nH]c(C2CC2)n1. The lowest BCUT2D eigenvalue weighted by Crippen LogP contribution is -2.33. The quantitative estimate of drug-likeness (QED) is 0.845. The highest BCUT2D eigenvalue weighted by molar-refractivity contribution is 5.35. The Balaban J connectivity index is 1.63. The second-order valence-corrected chi connectivity index (χ2v) is 5.84. The predicted octanol–water partition coefficient (Wildman–Crippen LogP) is 1.54. The van der Waals surface area contributed by atoms with E-state index in [2.05, 4.69) is 27.1 Å². The fraction of sp³-hybridized carbons (Fsp3) is 0.714. The molecule has 0 spiro atoms. The van der Waals surface area contributed by atoms with Crippen molar-refractivity contribution in [1.29, 1.82) is 0 Å². The lowest BCUT2D eigenvalue weighted by Gasteiger charge is -2.21. The Labute approximate surface area is 113 Å². The number of nitrogens with zero attached hydrogens (tertiary/aromatic N) is 2. The Morgan fingerprint density at radius 1 is 1.47 bits per heavy atom. The molecule has 0 amide bonds. The fourth-order valence-corrected chi connectivity index (χ4v) is 2.75. The average Bonchev–Trinajstić information content (AvgIpc) is 3.08. The molecule has 1 saturated heterocycles. The maximum Gasteiger partial charge on any atom is 0.252 e. The molecule has 1 saturated carbocycles. The van der Waals surface area contributed by atoms with Gasteiger partial charge in [0.15, 0.2) is 0 Å². The van der Waals surface area contributed by atoms with Crippen LogP contribution in [0.2, 0.25) is 0 Å². The molecule has 104 valence electrons. The van der Waals surface area contributed by atoms with Gasteiger partial charge in [-0.15, -0.1) is 0 Å². The first-order valence-corrected chi connectivity index (χ1v) is 7.31. The van der Waals surface area contributed by atoms with Crippen LogP contribution in [-0.4, -0.2) is 40.5 Å². The molecular formula is C14H22N4O. The lowest BCUT2D eigenvalue weighted by atomic mass is 10.3. The van der Waals surface area contributed by atoms with Gasteiger partial charge in [0.2, 0.25) is 0 Å². The van der Waals surface area contributed by atoms with Crippen LogP contribution in [0.5, 0.6) is 0 Å². The van der Waals surface area contributed by atoms with E-state index >= 15 is 0 Å². The van der Waals surface area contributed by atoms with Gasteiger partial charge in [-0.05, 0) is 45.7 Å². The van der Waals surface area contributed by atoms with Gasteiger partial charge in [0.1, 0.15) is 11.6 Å². The standard InChI is InChI=1S/C14H22N4O/c1-10(9-18-6-2-3-7-18)15-12-8-13(19)17-14(16-12)11-4-5-11/h8,10-11H,2-7,9H2,1H3,(H2,15,16,17,19). The first-order valence-electron chi connectivity index (χ1n) is 7.31. The van der Waals surface area contributed by atoms with Crippen molar-refractivity contribution in [2.75, 3.05) is 25.0 Å². The van der Waals surface area contributed by atoms with Gasteiger partial charge in [-0.1, -0.05) is 0 Å². The summed E-state index contributed by atoms with van der Waals surface area (Å²) in [6, 6.07) is 1.88. The summed E-state index contributed by atoms with van der Waals surface area (Å²) in [6.45, 7) is 5.57. The van der Waals surface area contributed by atoms with E-state index in [9.17, 15) is 4.79 Å². The van der Waals surface area contributed by atoms with Gasteiger partial charge in [-0.3, -0.25) is 4.79 Å². The van der Waals surface area contributed by atoms with Crippen molar-refractivity contribution >= 4 is 5.82 Å². The smallest absolute Gasteiger partial charge is 0.252 e.